The molecule has 0 saturated carbocycles. The average molecular weight is 327 g/mol. The molecular weight excluding hydrogens is 312 g/mol. The molecule has 0 aromatic heterocycles. The monoisotopic (exact) mass is 326 g/mol. The van der Waals surface area contributed by atoms with Crippen LogP contribution in [0.4, 0.5) is 11.4 Å². The van der Waals surface area contributed by atoms with E-state index in [1.165, 1.54) is 25.3 Å². The molecule has 0 unspecified atom stereocenters. The van der Waals surface area contributed by atoms with Crippen molar-refractivity contribution >= 4 is 33.0 Å². The van der Waals surface area contributed by atoms with Crippen molar-refractivity contribution < 1.29 is 13.2 Å². The molecule has 21 heavy (non-hydrogen) atoms. The first-order chi connectivity index (χ1) is 9.83. The minimum absolute atomic E-state index is 0.0557. The fourth-order valence-electron chi connectivity index (χ4n) is 1.79. The zero-order valence-corrected chi connectivity index (χ0v) is 13.1. The average Bonchev–Trinajstić information content (AvgIpc) is 2.42. The summed E-state index contributed by atoms with van der Waals surface area (Å²) < 4.78 is 32.2. The molecular formula is C14H15ClN2O3S. The third-order valence-corrected chi connectivity index (χ3v) is 4.55. The van der Waals surface area contributed by atoms with Gasteiger partial charge in [0.15, 0.2) is 0 Å². The van der Waals surface area contributed by atoms with Crippen LogP contribution in [0.3, 0.4) is 0 Å². The van der Waals surface area contributed by atoms with Crippen molar-refractivity contribution in [2.75, 3.05) is 17.6 Å². The molecule has 0 spiro atoms. The number of halogens is 1. The van der Waals surface area contributed by atoms with E-state index in [0.29, 0.717) is 16.5 Å². The van der Waals surface area contributed by atoms with Crippen LogP contribution in [0.25, 0.3) is 0 Å². The van der Waals surface area contributed by atoms with Gasteiger partial charge in [0, 0.05) is 5.02 Å². The second-order valence-electron chi connectivity index (χ2n) is 4.47. The van der Waals surface area contributed by atoms with E-state index in [1.807, 2.05) is 0 Å². The Morgan fingerprint density at radius 3 is 2.52 bits per heavy atom. The van der Waals surface area contributed by atoms with Crippen LogP contribution in [-0.2, 0) is 10.0 Å². The number of anilines is 2. The second-order valence-corrected chi connectivity index (χ2v) is 6.59. The predicted octanol–water partition coefficient (Wildman–Crippen LogP) is 3.04. The Bertz CT molecular complexity index is 776. The van der Waals surface area contributed by atoms with Gasteiger partial charge in [-0.2, -0.15) is 0 Å². The van der Waals surface area contributed by atoms with Gasteiger partial charge in [-0.25, -0.2) is 8.42 Å². The fraction of sp³-hybridized carbons (Fsp3) is 0.143. The van der Waals surface area contributed by atoms with Crippen LogP contribution in [0.1, 0.15) is 5.56 Å². The number of sulfonamides is 1. The Hall–Kier alpha value is -1.92. The lowest BCUT2D eigenvalue weighted by Crippen LogP contribution is -2.14. The van der Waals surface area contributed by atoms with E-state index in [4.69, 9.17) is 22.1 Å². The van der Waals surface area contributed by atoms with Gasteiger partial charge in [0.25, 0.3) is 10.0 Å². The highest BCUT2D eigenvalue weighted by atomic mass is 35.5. The zero-order valence-electron chi connectivity index (χ0n) is 11.6. The molecule has 0 aliphatic carbocycles. The van der Waals surface area contributed by atoms with Crippen LogP contribution in [0.5, 0.6) is 5.75 Å². The summed E-state index contributed by atoms with van der Waals surface area (Å²) >= 11 is 5.89. The Balaban J connectivity index is 2.38. The van der Waals surface area contributed by atoms with Gasteiger partial charge in [0.1, 0.15) is 5.75 Å². The summed E-state index contributed by atoms with van der Waals surface area (Å²) in [4.78, 5) is 0.0557. The molecule has 5 nitrogen and oxygen atoms in total. The van der Waals surface area contributed by atoms with E-state index in [-0.39, 0.29) is 10.6 Å². The van der Waals surface area contributed by atoms with Crippen molar-refractivity contribution in [3.05, 3.63) is 47.0 Å². The molecule has 112 valence electrons. The second kappa shape index (κ2) is 5.83. The molecule has 0 amide bonds. The number of nitrogens with two attached hydrogens (primary N) is 1. The number of hydrogen-bond acceptors (Lipinski definition) is 4. The van der Waals surface area contributed by atoms with E-state index in [1.54, 1.807) is 25.1 Å². The molecule has 0 bridgehead atoms. The normalized spacial score (nSPS) is 11.2. The number of ether oxygens (including phenoxy) is 1. The van der Waals surface area contributed by atoms with Gasteiger partial charge in [0.2, 0.25) is 0 Å². The molecule has 2 aromatic carbocycles. The van der Waals surface area contributed by atoms with E-state index in [0.717, 1.165) is 5.56 Å². The number of methoxy groups -OCH3 is 1. The third-order valence-electron chi connectivity index (χ3n) is 2.96. The van der Waals surface area contributed by atoms with Gasteiger partial charge >= 0.3 is 0 Å². The van der Waals surface area contributed by atoms with Crippen molar-refractivity contribution in [3.8, 4) is 5.75 Å². The van der Waals surface area contributed by atoms with Gasteiger partial charge in [0.05, 0.1) is 23.4 Å². The summed E-state index contributed by atoms with van der Waals surface area (Å²) in [6, 6.07) is 9.27. The standard InChI is InChI=1S/C14H15ClN2O3S/c1-9-3-4-10(15)7-13(9)17-21(18,19)11-5-6-14(20-2)12(16)8-11/h3-8,17H,16H2,1-2H3. The highest BCUT2D eigenvalue weighted by Crippen LogP contribution is 2.27. The van der Waals surface area contributed by atoms with Gasteiger partial charge in [-0.05, 0) is 42.8 Å². The van der Waals surface area contributed by atoms with Gasteiger partial charge in [-0.3, -0.25) is 4.72 Å². The van der Waals surface area contributed by atoms with E-state index in [2.05, 4.69) is 4.72 Å². The maximum Gasteiger partial charge on any atom is 0.261 e. The van der Waals surface area contributed by atoms with Crippen LogP contribution in [0.15, 0.2) is 41.3 Å². The molecule has 2 rings (SSSR count). The van der Waals surface area contributed by atoms with E-state index < -0.39 is 10.0 Å². The lowest BCUT2D eigenvalue weighted by molar-refractivity contribution is 0.416. The summed E-state index contributed by atoms with van der Waals surface area (Å²) in [5.74, 6) is 0.424. The third kappa shape index (κ3) is 3.40. The number of nitrogens with one attached hydrogen (secondary N) is 1. The van der Waals surface area contributed by atoms with Gasteiger partial charge in [-0.15, -0.1) is 0 Å². The number of aryl methyl sites for hydroxylation is 1. The fourth-order valence-corrected chi connectivity index (χ4v) is 3.12. The quantitative estimate of drug-likeness (QED) is 0.846. The largest absolute Gasteiger partial charge is 0.495 e. The SMILES string of the molecule is COc1ccc(S(=O)(=O)Nc2cc(Cl)ccc2C)cc1N. The van der Waals surface area contributed by atoms with Crippen LogP contribution in [0.2, 0.25) is 5.02 Å². The minimum Gasteiger partial charge on any atom is -0.495 e. The lowest BCUT2D eigenvalue weighted by atomic mass is 10.2. The Morgan fingerprint density at radius 2 is 1.90 bits per heavy atom. The van der Waals surface area contributed by atoms with Crippen molar-refractivity contribution in [1.29, 1.82) is 0 Å². The van der Waals surface area contributed by atoms with Gasteiger partial charge < -0.3 is 10.5 Å². The number of benzene rings is 2. The van der Waals surface area contributed by atoms with Crippen LogP contribution in [-0.4, -0.2) is 15.5 Å². The van der Waals surface area contributed by atoms with Crippen LogP contribution in [0, 0.1) is 6.92 Å². The van der Waals surface area contributed by atoms with Crippen molar-refractivity contribution in [2.24, 2.45) is 0 Å². The maximum absolute atomic E-state index is 12.4. The van der Waals surface area contributed by atoms with Crippen LogP contribution < -0.4 is 15.2 Å². The van der Waals surface area contributed by atoms with Crippen molar-refractivity contribution in [2.45, 2.75) is 11.8 Å². The summed E-state index contributed by atoms with van der Waals surface area (Å²) in [7, 11) is -2.28. The Kier molecular flexibility index (Phi) is 4.29. The molecule has 0 radical (unpaired) electrons. The van der Waals surface area contributed by atoms with Gasteiger partial charge in [-0.1, -0.05) is 17.7 Å². The lowest BCUT2D eigenvalue weighted by Gasteiger charge is -2.12. The molecule has 3 N–H and O–H groups in total. The Morgan fingerprint density at radius 1 is 1.19 bits per heavy atom. The molecule has 0 fully saturated rings. The zero-order chi connectivity index (χ0) is 15.6. The molecule has 2 aromatic rings. The minimum atomic E-state index is -3.74. The first-order valence-electron chi connectivity index (χ1n) is 6.06. The molecule has 0 aliphatic rings. The maximum atomic E-state index is 12.4. The Labute approximate surface area is 128 Å². The summed E-state index contributed by atoms with van der Waals surface area (Å²) in [6.07, 6.45) is 0. The summed E-state index contributed by atoms with van der Waals surface area (Å²) in [5, 5.41) is 0.451. The number of rotatable bonds is 4. The first-order valence-corrected chi connectivity index (χ1v) is 7.92. The number of nitrogen functional groups attached to an aromatic ring is 1. The van der Waals surface area contributed by atoms with E-state index >= 15 is 0 Å². The van der Waals surface area contributed by atoms with Crippen molar-refractivity contribution in [1.82, 2.24) is 0 Å². The van der Waals surface area contributed by atoms with Crippen LogP contribution >= 0.6 is 11.6 Å². The highest BCUT2D eigenvalue weighted by molar-refractivity contribution is 7.92. The first kappa shape index (κ1) is 15.5. The number of hydrogen-bond donors (Lipinski definition) is 2. The van der Waals surface area contributed by atoms with E-state index in [9.17, 15) is 8.42 Å². The summed E-state index contributed by atoms with van der Waals surface area (Å²) in [6.45, 7) is 1.79. The molecule has 0 saturated heterocycles. The molecule has 0 atom stereocenters. The van der Waals surface area contributed by atoms with Crippen molar-refractivity contribution in [3.63, 3.8) is 0 Å². The smallest absolute Gasteiger partial charge is 0.261 e. The molecule has 0 aliphatic heterocycles. The molecule has 0 heterocycles. The predicted molar refractivity (Wildman–Crippen MR) is 84.4 cm³/mol. The molecule has 7 heteroatoms. The topological polar surface area (TPSA) is 81.4 Å². The highest BCUT2D eigenvalue weighted by Gasteiger charge is 2.17. The summed E-state index contributed by atoms with van der Waals surface area (Å²) in [5.41, 5.74) is 7.19.